The SMILES string of the molecule is COc1cc(-c2ccoc2CNC(C)C)ccc1Cl. The summed E-state index contributed by atoms with van der Waals surface area (Å²) < 4.78 is 10.8. The summed E-state index contributed by atoms with van der Waals surface area (Å²) in [7, 11) is 1.61. The summed E-state index contributed by atoms with van der Waals surface area (Å²) in [5, 5.41) is 3.95. The highest BCUT2D eigenvalue weighted by Crippen LogP contribution is 2.32. The molecule has 0 aliphatic rings. The van der Waals surface area contributed by atoms with Crippen LogP contribution < -0.4 is 10.1 Å². The Balaban J connectivity index is 2.29. The molecule has 0 amide bonds. The van der Waals surface area contributed by atoms with Crippen LogP contribution in [0.25, 0.3) is 11.1 Å². The predicted molar refractivity (Wildman–Crippen MR) is 77.7 cm³/mol. The quantitative estimate of drug-likeness (QED) is 0.894. The van der Waals surface area contributed by atoms with Crippen LogP contribution in [0.4, 0.5) is 0 Å². The number of halogens is 1. The van der Waals surface area contributed by atoms with Crippen LogP contribution in [0.1, 0.15) is 19.6 Å². The average molecular weight is 280 g/mol. The zero-order chi connectivity index (χ0) is 13.8. The van der Waals surface area contributed by atoms with Crippen molar-refractivity contribution in [3.8, 4) is 16.9 Å². The normalized spacial score (nSPS) is 11.0. The van der Waals surface area contributed by atoms with Crippen LogP contribution in [-0.4, -0.2) is 13.2 Å². The molecule has 1 aromatic heterocycles. The molecule has 3 nitrogen and oxygen atoms in total. The number of methoxy groups -OCH3 is 1. The Morgan fingerprint density at radius 2 is 2.11 bits per heavy atom. The molecule has 2 rings (SSSR count). The molecule has 0 bridgehead atoms. The molecule has 1 aromatic carbocycles. The van der Waals surface area contributed by atoms with Crippen LogP contribution in [-0.2, 0) is 6.54 Å². The van der Waals surface area contributed by atoms with E-state index in [-0.39, 0.29) is 0 Å². The molecule has 102 valence electrons. The molecule has 0 radical (unpaired) electrons. The first kappa shape index (κ1) is 14.0. The molecule has 4 heteroatoms. The lowest BCUT2D eigenvalue weighted by molar-refractivity contribution is 0.415. The molecule has 0 spiro atoms. The van der Waals surface area contributed by atoms with Crippen molar-refractivity contribution in [1.29, 1.82) is 0 Å². The van der Waals surface area contributed by atoms with Crippen LogP contribution in [0.5, 0.6) is 5.75 Å². The Bertz CT molecular complexity index is 549. The van der Waals surface area contributed by atoms with E-state index in [0.29, 0.717) is 23.4 Å². The highest BCUT2D eigenvalue weighted by atomic mass is 35.5. The number of rotatable bonds is 5. The lowest BCUT2D eigenvalue weighted by Gasteiger charge is -2.09. The minimum atomic E-state index is 0.415. The zero-order valence-electron chi connectivity index (χ0n) is 11.4. The van der Waals surface area contributed by atoms with Gasteiger partial charge in [0.15, 0.2) is 0 Å². The Hall–Kier alpha value is -1.45. The third kappa shape index (κ3) is 3.31. The molecule has 1 N–H and O–H groups in total. The highest BCUT2D eigenvalue weighted by molar-refractivity contribution is 6.32. The van der Waals surface area contributed by atoms with Crippen molar-refractivity contribution in [2.24, 2.45) is 0 Å². The first-order chi connectivity index (χ1) is 9.11. The third-order valence-electron chi connectivity index (χ3n) is 2.88. The van der Waals surface area contributed by atoms with Gasteiger partial charge in [0.05, 0.1) is 24.9 Å². The van der Waals surface area contributed by atoms with Crippen molar-refractivity contribution in [1.82, 2.24) is 5.32 Å². The molecule has 19 heavy (non-hydrogen) atoms. The van der Waals surface area contributed by atoms with Crippen molar-refractivity contribution < 1.29 is 9.15 Å². The lowest BCUT2D eigenvalue weighted by atomic mass is 10.1. The number of hydrogen-bond acceptors (Lipinski definition) is 3. The molecule has 0 atom stereocenters. The van der Waals surface area contributed by atoms with Crippen LogP contribution in [0.15, 0.2) is 34.9 Å². The van der Waals surface area contributed by atoms with E-state index in [2.05, 4.69) is 19.2 Å². The van der Waals surface area contributed by atoms with Crippen LogP contribution in [0, 0.1) is 0 Å². The minimum absolute atomic E-state index is 0.415. The van der Waals surface area contributed by atoms with Gasteiger partial charge in [-0.05, 0) is 23.8 Å². The second kappa shape index (κ2) is 6.13. The maximum absolute atomic E-state index is 6.04. The van der Waals surface area contributed by atoms with Gasteiger partial charge in [-0.1, -0.05) is 31.5 Å². The van der Waals surface area contributed by atoms with E-state index in [9.17, 15) is 0 Å². The predicted octanol–water partition coefficient (Wildman–Crippen LogP) is 4.11. The van der Waals surface area contributed by atoms with E-state index >= 15 is 0 Å². The Morgan fingerprint density at radius 3 is 2.79 bits per heavy atom. The summed E-state index contributed by atoms with van der Waals surface area (Å²) in [6.07, 6.45) is 1.70. The standard InChI is InChI=1S/C15H18ClNO2/c1-10(2)17-9-15-12(6-7-19-15)11-4-5-13(16)14(8-11)18-3/h4-8,10,17H,9H2,1-3H3. The van der Waals surface area contributed by atoms with E-state index < -0.39 is 0 Å². The van der Waals surface area contributed by atoms with Crippen molar-refractivity contribution in [3.05, 3.63) is 41.3 Å². The number of hydrogen-bond donors (Lipinski definition) is 1. The minimum Gasteiger partial charge on any atom is -0.495 e. The van der Waals surface area contributed by atoms with Gasteiger partial charge in [0.2, 0.25) is 0 Å². The van der Waals surface area contributed by atoms with Gasteiger partial charge >= 0.3 is 0 Å². The molecule has 0 aliphatic carbocycles. The Labute approximate surface area is 118 Å². The largest absolute Gasteiger partial charge is 0.495 e. The summed E-state index contributed by atoms with van der Waals surface area (Å²) in [6.45, 7) is 4.91. The first-order valence-electron chi connectivity index (χ1n) is 6.25. The fourth-order valence-electron chi connectivity index (χ4n) is 1.86. The molecule has 2 aromatic rings. The van der Waals surface area contributed by atoms with Crippen molar-refractivity contribution in [3.63, 3.8) is 0 Å². The average Bonchev–Trinajstić information content (AvgIpc) is 2.85. The fourth-order valence-corrected chi connectivity index (χ4v) is 2.05. The summed E-state index contributed by atoms with van der Waals surface area (Å²) in [5.74, 6) is 1.58. The molecular formula is C15H18ClNO2. The summed E-state index contributed by atoms with van der Waals surface area (Å²) in [4.78, 5) is 0. The lowest BCUT2D eigenvalue weighted by Crippen LogP contribution is -2.21. The fraction of sp³-hybridized carbons (Fsp3) is 0.333. The smallest absolute Gasteiger partial charge is 0.138 e. The maximum atomic E-state index is 6.04. The van der Waals surface area contributed by atoms with Gasteiger partial charge < -0.3 is 14.5 Å². The third-order valence-corrected chi connectivity index (χ3v) is 3.19. The summed E-state index contributed by atoms with van der Waals surface area (Å²) in [6, 6.07) is 8.10. The van der Waals surface area contributed by atoms with E-state index in [0.717, 1.165) is 16.9 Å². The van der Waals surface area contributed by atoms with Gasteiger partial charge in [-0.3, -0.25) is 0 Å². The second-order valence-corrected chi connectivity index (χ2v) is 5.05. The van der Waals surface area contributed by atoms with Gasteiger partial charge in [0.25, 0.3) is 0 Å². The molecular weight excluding hydrogens is 262 g/mol. The van der Waals surface area contributed by atoms with E-state index in [1.807, 2.05) is 24.3 Å². The van der Waals surface area contributed by atoms with Crippen molar-refractivity contribution in [2.75, 3.05) is 7.11 Å². The number of nitrogens with one attached hydrogen (secondary N) is 1. The number of furan rings is 1. The van der Waals surface area contributed by atoms with Gasteiger partial charge in [0, 0.05) is 11.6 Å². The van der Waals surface area contributed by atoms with Gasteiger partial charge in [-0.15, -0.1) is 0 Å². The monoisotopic (exact) mass is 279 g/mol. The van der Waals surface area contributed by atoms with Crippen LogP contribution in [0.2, 0.25) is 5.02 Å². The van der Waals surface area contributed by atoms with Crippen molar-refractivity contribution in [2.45, 2.75) is 26.4 Å². The molecule has 0 saturated carbocycles. The summed E-state index contributed by atoms with van der Waals surface area (Å²) >= 11 is 6.04. The molecule has 0 saturated heterocycles. The van der Waals surface area contributed by atoms with Gasteiger partial charge in [-0.25, -0.2) is 0 Å². The number of benzene rings is 1. The second-order valence-electron chi connectivity index (χ2n) is 4.64. The van der Waals surface area contributed by atoms with Crippen molar-refractivity contribution >= 4 is 11.6 Å². The molecule has 0 aliphatic heterocycles. The van der Waals surface area contributed by atoms with Gasteiger partial charge in [-0.2, -0.15) is 0 Å². The maximum Gasteiger partial charge on any atom is 0.138 e. The van der Waals surface area contributed by atoms with Crippen LogP contribution in [0.3, 0.4) is 0 Å². The van der Waals surface area contributed by atoms with Gasteiger partial charge in [0.1, 0.15) is 11.5 Å². The molecule has 1 heterocycles. The Kier molecular flexibility index (Phi) is 4.51. The molecule has 0 fully saturated rings. The summed E-state index contributed by atoms with van der Waals surface area (Å²) in [5.41, 5.74) is 2.10. The number of ether oxygens (including phenoxy) is 1. The Morgan fingerprint density at radius 1 is 1.32 bits per heavy atom. The van der Waals surface area contributed by atoms with E-state index in [1.54, 1.807) is 13.4 Å². The highest BCUT2D eigenvalue weighted by Gasteiger charge is 2.11. The van der Waals surface area contributed by atoms with Crippen LogP contribution >= 0.6 is 11.6 Å². The topological polar surface area (TPSA) is 34.4 Å². The first-order valence-corrected chi connectivity index (χ1v) is 6.63. The molecule has 0 unspecified atom stereocenters. The zero-order valence-corrected chi connectivity index (χ0v) is 12.1. The van der Waals surface area contributed by atoms with E-state index in [4.69, 9.17) is 20.8 Å². The van der Waals surface area contributed by atoms with E-state index in [1.165, 1.54) is 0 Å².